The van der Waals surface area contributed by atoms with Crippen LogP contribution in [-0.4, -0.2) is 16.2 Å². The van der Waals surface area contributed by atoms with Gasteiger partial charge in [0.1, 0.15) is 0 Å². The first-order chi connectivity index (χ1) is 10.1. The lowest BCUT2D eigenvalue weighted by Gasteiger charge is -2.08. The third-order valence-corrected chi connectivity index (χ3v) is 4.09. The number of ketones is 1. The van der Waals surface area contributed by atoms with Gasteiger partial charge in [0.25, 0.3) is 0 Å². The summed E-state index contributed by atoms with van der Waals surface area (Å²) in [6.45, 7) is 1.94. The van der Waals surface area contributed by atoms with Crippen molar-refractivity contribution in [1.29, 1.82) is 0 Å². The third-order valence-electron chi connectivity index (χ3n) is 3.60. The van der Waals surface area contributed by atoms with Crippen molar-refractivity contribution < 1.29 is 4.79 Å². The van der Waals surface area contributed by atoms with Gasteiger partial charge in [-0.3, -0.25) is 4.79 Å². The van der Waals surface area contributed by atoms with E-state index in [1.165, 1.54) is 0 Å². The lowest BCUT2D eigenvalue weighted by Crippen LogP contribution is -2.03. The van der Waals surface area contributed by atoms with Gasteiger partial charge in [0.05, 0.1) is 11.4 Å². The van der Waals surface area contributed by atoms with Gasteiger partial charge in [0.15, 0.2) is 5.78 Å². The molecule has 106 valence electrons. The number of carbonyl (C=O) groups excluding carboxylic acids is 1. The molecule has 3 rings (SSSR count). The molecule has 0 N–H and O–H groups in total. The Bertz CT molecular complexity index is 819. The average Bonchev–Trinajstić information content (AvgIpc) is 2.80. The zero-order valence-corrected chi connectivity index (χ0v) is 12.9. The average molecular weight is 318 g/mol. The van der Waals surface area contributed by atoms with Gasteiger partial charge in [-0.15, -0.1) is 11.6 Å². The van der Waals surface area contributed by atoms with Crippen LogP contribution < -0.4 is 0 Å². The van der Waals surface area contributed by atoms with E-state index in [1.807, 2.05) is 55.5 Å². The van der Waals surface area contributed by atoms with E-state index in [9.17, 15) is 4.79 Å². The molecule has 0 saturated carbocycles. The molecule has 3 aromatic rings. The second-order valence-electron chi connectivity index (χ2n) is 4.85. The lowest BCUT2D eigenvalue weighted by molar-refractivity contribution is 0.102. The molecule has 0 aliphatic heterocycles. The minimum absolute atomic E-state index is 0.0184. The Hall–Kier alpha value is -1.77. The quantitative estimate of drug-likeness (QED) is 0.491. The van der Waals surface area contributed by atoms with E-state index in [0.717, 1.165) is 22.3 Å². The van der Waals surface area contributed by atoms with E-state index in [4.69, 9.17) is 23.2 Å². The highest BCUT2D eigenvalue weighted by atomic mass is 35.5. The van der Waals surface area contributed by atoms with Gasteiger partial charge in [-0.1, -0.05) is 29.8 Å². The first-order valence-corrected chi connectivity index (χ1v) is 7.50. The van der Waals surface area contributed by atoms with E-state index in [1.54, 1.807) is 0 Å². The van der Waals surface area contributed by atoms with Crippen LogP contribution >= 0.6 is 23.2 Å². The van der Waals surface area contributed by atoms with Crippen LogP contribution in [0.5, 0.6) is 0 Å². The number of fused-ring (bicyclic) bond motifs is 1. The highest BCUT2D eigenvalue weighted by molar-refractivity contribution is 6.32. The SMILES string of the molecule is Cc1c(C(=O)CCl)c2ccccc2n1-c1ccc(Cl)cc1. The van der Waals surface area contributed by atoms with Gasteiger partial charge in [-0.2, -0.15) is 0 Å². The summed E-state index contributed by atoms with van der Waals surface area (Å²) < 4.78 is 2.06. The van der Waals surface area contributed by atoms with Crippen LogP contribution in [0.3, 0.4) is 0 Å². The van der Waals surface area contributed by atoms with E-state index < -0.39 is 0 Å². The zero-order valence-electron chi connectivity index (χ0n) is 11.4. The van der Waals surface area contributed by atoms with Crippen LogP contribution in [0.25, 0.3) is 16.6 Å². The van der Waals surface area contributed by atoms with Crippen LogP contribution in [0, 0.1) is 6.92 Å². The van der Waals surface area contributed by atoms with Crippen molar-refractivity contribution in [3.63, 3.8) is 0 Å². The number of para-hydroxylation sites is 1. The Morgan fingerprint density at radius 1 is 1.10 bits per heavy atom. The Labute approximate surface area is 132 Å². The molecule has 0 aliphatic rings. The molecule has 0 spiro atoms. The molecule has 1 heterocycles. The summed E-state index contributed by atoms with van der Waals surface area (Å²) in [5, 5.41) is 1.61. The number of hydrogen-bond donors (Lipinski definition) is 0. The second-order valence-corrected chi connectivity index (χ2v) is 5.55. The number of halogens is 2. The van der Waals surface area contributed by atoms with Crippen LogP contribution in [0.1, 0.15) is 16.1 Å². The van der Waals surface area contributed by atoms with Crippen molar-refractivity contribution in [2.45, 2.75) is 6.92 Å². The largest absolute Gasteiger partial charge is 0.313 e. The molecule has 0 unspecified atom stereocenters. The molecule has 0 radical (unpaired) electrons. The number of benzene rings is 2. The molecule has 2 aromatic carbocycles. The predicted molar refractivity (Wildman–Crippen MR) is 88.1 cm³/mol. The molecule has 0 bridgehead atoms. The zero-order chi connectivity index (χ0) is 15.0. The van der Waals surface area contributed by atoms with E-state index in [-0.39, 0.29) is 11.7 Å². The van der Waals surface area contributed by atoms with Crippen molar-refractivity contribution >= 4 is 39.9 Å². The summed E-state index contributed by atoms with van der Waals surface area (Å²) in [4.78, 5) is 12.2. The minimum Gasteiger partial charge on any atom is -0.313 e. The Kier molecular flexibility index (Phi) is 3.75. The number of aromatic nitrogens is 1. The summed E-state index contributed by atoms with van der Waals surface area (Å²) in [6.07, 6.45) is 0. The van der Waals surface area contributed by atoms with Gasteiger partial charge >= 0.3 is 0 Å². The first-order valence-electron chi connectivity index (χ1n) is 6.58. The number of hydrogen-bond acceptors (Lipinski definition) is 1. The van der Waals surface area contributed by atoms with Crippen LogP contribution in [0.15, 0.2) is 48.5 Å². The fraction of sp³-hybridized carbons (Fsp3) is 0.118. The van der Waals surface area contributed by atoms with Crippen molar-refractivity contribution in [3.05, 3.63) is 64.8 Å². The van der Waals surface area contributed by atoms with Crippen molar-refractivity contribution in [3.8, 4) is 5.69 Å². The lowest BCUT2D eigenvalue weighted by atomic mass is 10.1. The molecule has 0 amide bonds. The maximum atomic E-state index is 12.2. The van der Waals surface area contributed by atoms with Gasteiger partial charge in [0.2, 0.25) is 0 Å². The second kappa shape index (κ2) is 5.55. The van der Waals surface area contributed by atoms with Crippen LogP contribution in [0.2, 0.25) is 5.02 Å². The normalized spacial score (nSPS) is 11.0. The molecule has 1 aromatic heterocycles. The highest BCUT2D eigenvalue weighted by Crippen LogP contribution is 2.30. The topological polar surface area (TPSA) is 22.0 Å². The van der Waals surface area contributed by atoms with E-state index in [0.29, 0.717) is 10.6 Å². The summed E-state index contributed by atoms with van der Waals surface area (Å²) in [7, 11) is 0. The maximum absolute atomic E-state index is 12.2. The summed E-state index contributed by atoms with van der Waals surface area (Å²) in [5.41, 5.74) is 3.55. The number of rotatable bonds is 3. The summed E-state index contributed by atoms with van der Waals surface area (Å²) >= 11 is 11.7. The van der Waals surface area contributed by atoms with Crippen molar-refractivity contribution in [2.75, 3.05) is 5.88 Å². The fourth-order valence-electron chi connectivity index (χ4n) is 2.71. The van der Waals surface area contributed by atoms with Gasteiger partial charge in [0, 0.05) is 27.4 Å². The van der Waals surface area contributed by atoms with Crippen molar-refractivity contribution in [2.24, 2.45) is 0 Å². The number of alkyl halides is 1. The molecule has 0 fully saturated rings. The molecule has 0 aliphatic carbocycles. The fourth-order valence-corrected chi connectivity index (χ4v) is 2.97. The molecule has 0 atom stereocenters. The highest BCUT2D eigenvalue weighted by Gasteiger charge is 2.19. The first kappa shape index (κ1) is 14.2. The number of Topliss-reactive ketones (excluding diaryl/α,β-unsaturated/α-hetero) is 1. The molecule has 0 saturated heterocycles. The van der Waals surface area contributed by atoms with Crippen LogP contribution in [0.4, 0.5) is 0 Å². The Morgan fingerprint density at radius 3 is 2.43 bits per heavy atom. The van der Waals surface area contributed by atoms with Crippen LogP contribution in [-0.2, 0) is 0 Å². The minimum atomic E-state index is -0.0573. The Morgan fingerprint density at radius 2 is 1.76 bits per heavy atom. The smallest absolute Gasteiger partial charge is 0.180 e. The van der Waals surface area contributed by atoms with E-state index in [2.05, 4.69) is 4.57 Å². The molecule has 4 heteroatoms. The molecule has 2 nitrogen and oxygen atoms in total. The standard InChI is InChI=1S/C17H13Cl2NO/c1-11-17(16(21)10-18)14-4-2-3-5-15(14)20(11)13-8-6-12(19)7-9-13/h2-9H,10H2,1H3. The van der Waals surface area contributed by atoms with Gasteiger partial charge < -0.3 is 4.57 Å². The molecular weight excluding hydrogens is 305 g/mol. The Balaban J connectivity index is 2.35. The predicted octanol–water partition coefficient (Wildman–Crippen LogP) is 5.01. The molecular formula is C17H13Cl2NO. The maximum Gasteiger partial charge on any atom is 0.180 e. The summed E-state index contributed by atoms with van der Waals surface area (Å²) in [6, 6.07) is 15.4. The van der Waals surface area contributed by atoms with E-state index >= 15 is 0 Å². The monoisotopic (exact) mass is 317 g/mol. The van der Waals surface area contributed by atoms with Gasteiger partial charge in [-0.25, -0.2) is 0 Å². The number of carbonyl (C=O) groups is 1. The number of nitrogens with zero attached hydrogens (tertiary/aromatic N) is 1. The third kappa shape index (κ3) is 2.35. The van der Waals surface area contributed by atoms with Gasteiger partial charge in [-0.05, 0) is 37.3 Å². The molecule has 21 heavy (non-hydrogen) atoms. The summed E-state index contributed by atoms with van der Waals surface area (Å²) in [5.74, 6) is -0.0757. The van der Waals surface area contributed by atoms with Crippen molar-refractivity contribution in [1.82, 2.24) is 4.57 Å².